The molecule has 0 saturated carbocycles. The molecule has 0 saturated heterocycles. The predicted molar refractivity (Wildman–Crippen MR) is 121 cm³/mol. The molecule has 0 spiro atoms. The third-order valence-electron chi connectivity index (χ3n) is 5.29. The van der Waals surface area contributed by atoms with Crippen molar-refractivity contribution >= 4 is 28.9 Å². The van der Waals surface area contributed by atoms with Gasteiger partial charge >= 0.3 is 0 Å². The van der Waals surface area contributed by atoms with Crippen molar-refractivity contribution in [3.63, 3.8) is 0 Å². The van der Waals surface area contributed by atoms with Crippen LogP contribution in [0.4, 0.5) is 4.39 Å². The molecule has 0 unspecified atom stereocenters. The van der Waals surface area contributed by atoms with Crippen LogP contribution in [0, 0.1) is 5.82 Å². The van der Waals surface area contributed by atoms with Gasteiger partial charge in [-0.2, -0.15) is 5.10 Å². The number of likely N-dealkylation sites (N-methyl/N-ethyl adjacent to an activating group) is 1. The van der Waals surface area contributed by atoms with Crippen LogP contribution in [0.1, 0.15) is 33.3 Å². The van der Waals surface area contributed by atoms with Gasteiger partial charge in [0.1, 0.15) is 18.1 Å². The van der Waals surface area contributed by atoms with Crippen molar-refractivity contribution in [1.29, 1.82) is 0 Å². The summed E-state index contributed by atoms with van der Waals surface area (Å²) in [5, 5.41) is 7.77. The molecule has 2 aromatic carbocycles. The van der Waals surface area contributed by atoms with Crippen LogP contribution in [0.5, 0.6) is 5.75 Å². The van der Waals surface area contributed by atoms with E-state index in [1.165, 1.54) is 27.3 Å². The minimum absolute atomic E-state index is 0.183. The number of benzene rings is 2. The van der Waals surface area contributed by atoms with Gasteiger partial charge in [0.15, 0.2) is 0 Å². The summed E-state index contributed by atoms with van der Waals surface area (Å²) in [6.45, 7) is -0.183. The molecule has 1 aromatic heterocycles. The van der Waals surface area contributed by atoms with Crippen LogP contribution < -0.4 is 4.74 Å². The minimum Gasteiger partial charge on any atom is -0.497 e. The van der Waals surface area contributed by atoms with E-state index in [4.69, 9.17) is 4.74 Å². The van der Waals surface area contributed by atoms with E-state index in [0.717, 1.165) is 10.6 Å². The second-order valence-corrected chi connectivity index (χ2v) is 8.34. The number of carbonyl (C=O) groups excluding carboxylic acids is 2. The Hall–Kier alpha value is -3.52. The molecule has 1 aliphatic rings. The highest BCUT2D eigenvalue weighted by atomic mass is 32.1. The first-order valence-corrected chi connectivity index (χ1v) is 10.9. The van der Waals surface area contributed by atoms with E-state index in [2.05, 4.69) is 5.10 Å². The maximum Gasteiger partial charge on any atom is 0.262 e. The standard InChI is InChI=1S/C24H22FN3O3S/c1-27(24(30)16-9-11-17(31-2)12-10-16)15-23(29)28-21(18-6-3-4-7-19(18)25)14-20(26-28)22-8-5-13-32-22/h3-13,21H,14-15H2,1-2H3/t21-/m0/s1. The van der Waals surface area contributed by atoms with Crippen molar-refractivity contribution in [2.24, 2.45) is 5.10 Å². The van der Waals surface area contributed by atoms with E-state index in [9.17, 15) is 14.0 Å². The van der Waals surface area contributed by atoms with Gasteiger partial charge in [-0.1, -0.05) is 24.3 Å². The Morgan fingerprint density at radius 3 is 2.56 bits per heavy atom. The Bertz CT molecular complexity index is 1150. The molecule has 3 aromatic rings. The van der Waals surface area contributed by atoms with Crippen LogP contribution >= 0.6 is 11.3 Å². The third-order valence-corrected chi connectivity index (χ3v) is 6.21. The molecule has 0 N–H and O–H groups in total. The van der Waals surface area contributed by atoms with Crippen LogP contribution in [-0.4, -0.2) is 48.1 Å². The van der Waals surface area contributed by atoms with Gasteiger partial charge in [-0.15, -0.1) is 11.3 Å². The summed E-state index contributed by atoms with van der Waals surface area (Å²) in [5.74, 6) is -0.430. The summed E-state index contributed by atoms with van der Waals surface area (Å²) in [6.07, 6.45) is 0.406. The van der Waals surface area contributed by atoms with Crippen LogP contribution in [0.15, 0.2) is 71.1 Å². The molecule has 2 heterocycles. The summed E-state index contributed by atoms with van der Waals surface area (Å²) in [5.41, 5.74) is 1.57. The first kappa shape index (κ1) is 21.7. The van der Waals surface area contributed by atoms with Crippen molar-refractivity contribution in [3.05, 3.63) is 87.9 Å². The number of amides is 2. The van der Waals surface area contributed by atoms with E-state index in [0.29, 0.717) is 23.3 Å². The van der Waals surface area contributed by atoms with E-state index >= 15 is 0 Å². The maximum absolute atomic E-state index is 14.6. The minimum atomic E-state index is -0.565. The van der Waals surface area contributed by atoms with E-state index < -0.39 is 6.04 Å². The molecular formula is C24H22FN3O3S. The zero-order chi connectivity index (χ0) is 22.7. The number of methoxy groups -OCH3 is 1. The number of hydrogen-bond donors (Lipinski definition) is 0. The predicted octanol–water partition coefficient (Wildman–Crippen LogP) is 4.35. The summed E-state index contributed by atoms with van der Waals surface area (Å²) >= 11 is 1.52. The summed E-state index contributed by atoms with van der Waals surface area (Å²) in [7, 11) is 3.11. The van der Waals surface area contributed by atoms with Crippen molar-refractivity contribution in [1.82, 2.24) is 9.91 Å². The van der Waals surface area contributed by atoms with Crippen molar-refractivity contribution < 1.29 is 18.7 Å². The van der Waals surface area contributed by atoms with Gasteiger partial charge in [-0.25, -0.2) is 9.40 Å². The lowest BCUT2D eigenvalue weighted by Crippen LogP contribution is -2.39. The molecule has 2 amide bonds. The molecule has 8 heteroatoms. The molecular weight excluding hydrogens is 429 g/mol. The van der Waals surface area contributed by atoms with Crippen LogP contribution in [0.2, 0.25) is 0 Å². The number of hydrazone groups is 1. The number of ether oxygens (including phenoxy) is 1. The highest BCUT2D eigenvalue weighted by Crippen LogP contribution is 2.35. The fraction of sp³-hybridized carbons (Fsp3) is 0.208. The van der Waals surface area contributed by atoms with Gasteiger partial charge in [0.05, 0.1) is 23.7 Å². The Kier molecular flexibility index (Phi) is 6.32. The maximum atomic E-state index is 14.6. The summed E-state index contributed by atoms with van der Waals surface area (Å²) in [4.78, 5) is 28.2. The zero-order valence-corrected chi connectivity index (χ0v) is 18.5. The Balaban J connectivity index is 1.55. The van der Waals surface area contributed by atoms with Gasteiger partial charge in [-0.05, 0) is 41.8 Å². The lowest BCUT2D eigenvalue weighted by Gasteiger charge is -2.25. The van der Waals surface area contributed by atoms with Gasteiger partial charge in [0.25, 0.3) is 11.8 Å². The highest BCUT2D eigenvalue weighted by molar-refractivity contribution is 7.12. The second kappa shape index (κ2) is 9.32. The topological polar surface area (TPSA) is 62.2 Å². The van der Waals surface area contributed by atoms with Crippen LogP contribution in [0.3, 0.4) is 0 Å². The first-order chi connectivity index (χ1) is 15.5. The molecule has 0 bridgehead atoms. The number of halogens is 1. The average Bonchev–Trinajstić information content (AvgIpc) is 3.49. The largest absolute Gasteiger partial charge is 0.497 e. The number of nitrogens with zero attached hydrogens (tertiary/aromatic N) is 3. The van der Waals surface area contributed by atoms with Crippen molar-refractivity contribution in [3.8, 4) is 5.75 Å². The average molecular weight is 452 g/mol. The monoisotopic (exact) mass is 451 g/mol. The molecule has 0 aliphatic carbocycles. The van der Waals surface area contributed by atoms with Crippen LogP contribution in [0.25, 0.3) is 0 Å². The van der Waals surface area contributed by atoms with Gasteiger partial charge in [0.2, 0.25) is 0 Å². The Labute approximate surface area is 189 Å². The van der Waals surface area contributed by atoms with Gasteiger partial charge in [-0.3, -0.25) is 9.59 Å². The van der Waals surface area contributed by atoms with E-state index in [-0.39, 0.29) is 24.2 Å². The quantitative estimate of drug-likeness (QED) is 0.560. The number of hydrogen-bond acceptors (Lipinski definition) is 5. The molecule has 0 radical (unpaired) electrons. The molecule has 6 nitrogen and oxygen atoms in total. The fourth-order valence-electron chi connectivity index (χ4n) is 3.62. The molecule has 4 rings (SSSR count). The van der Waals surface area contributed by atoms with Crippen molar-refractivity contribution in [2.75, 3.05) is 20.7 Å². The highest BCUT2D eigenvalue weighted by Gasteiger charge is 2.35. The number of thiophene rings is 1. The zero-order valence-electron chi connectivity index (χ0n) is 17.7. The molecule has 0 fully saturated rings. The second-order valence-electron chi connectivity index (χ2n) is 7.39. The molecule has 164 valence electrons. The lowest BCUT2D eigenvalue weighted by atomic mass is 10.0. The lowest BCUT2D eigenvalue weighted by molar-refractivity contribution is -0.133. The van der Waals surface area contributed by atoms with Gasteiger partial charge < -0.3 is 9.64 Å². The first-order valence-electron chi connectivity index (χ1n) is 10.0. The molecule has 32 heavy (non-hydrogen) atoms. The van der Waals surface area contributed by atoms with Crippen molar-refractivity contribution in [2.45, 2.75) is 12.5 Å². The van der Waals surface area contributed by atoms with Gasteiger partial charge in [0, 0.05) is 24.6 Å². The number of rotatable bonds is 6. The number of carbonyl (C=O) groups is 2. The third kappa shape index (κ3) is 4.40. The smallest absolute Gasteiger partial charge is 0.262 e. The molecule has 1 atom stereocenters. The summed E-state index contributed by atoms with van der Waals surface area (Å²) < 4.78 is 19.7. The van der Waals surface area contributed by atoms with E-state index in [1.54, 1.807) is 56.6 Å². The summed E-state index contributed by atoms with van der Waals surface area (Å²) in [6, 6.07) is 16.3. The normalized spacial score (nSPS) is 15.4. The van der Waals surface area contributed by atoms with E-state index in [1.807, 2.05) is 17.5 Å². The Morgan fingerprint density at radius 2 is 1.91 bits per heavy atom. The Morgan fingerprint density at radius 1 is 1.16 bits per heavy atom. The fourth-order valence-corrected chi connectivity index (χ4v) is 4.34. The van der Waals surface area contributed by atoms with Crippen LogP contribution in [-0.2, 0) is 4.79 Å². The molecule has 1 aliphatic heterocycles. The SMILES string of the molecule is COc1ccc(C(=O)N(C)CC(=O)N2N=C(c3cccs3)C[C@H]2c2ccccc2F)cc1.